The quantitative estimate of drug-likeness (QED) is 0.618. The largest absolute Gasteiger partial charge is 0.508 e. The number of rotatable bonds is 3. The van der Waals surface area contributed by atoms with Gasteiger partial charge in [-0.1, -0.05) is 18.2 Å². The molecule has 1 amide bonds. The molecule has 0 bridgehead atoms. The molecule has 2 aromatic rings. The molecular weight excluding hydrogens is 395 g/mol. The highest BCUT2D eigenvalue weighted by Gasteiger charge is 2.60. The number of nitro benzene ring substituents is 1. The van der Waals surface area contributed by atoms with E-state index in [9.17, 15) is 24.4 Å². The molecule has 1 aliphatic heterocycles. The Hall–Kier alpha value is -2.48. The van der Waals surface area contributed by atoms with Crippen molar-refractivity contribution in [3.63, 3.8) is 0 Å². The van der Waals surface area contributed by atoms with Gasteiger partial charge in [0.15, 0.2) is 0 Å². The first kappa shape index (κ1) is 16.0. The predicted molar refractivity (Wildman–Crippen MR) is 90.7 cm³/mol. The highest BCUT2D eigenvalue weighted by molar-refractivity contribution is 9.10. The number of nitro groups is 1. The molecule has 2 aromatic carbocycles. The number of hydrogen-bond donors (Lipinski definition) is 1. The number of hydrogen-bond acceptors (Lipinski definition) is 4. The summed E-state index contributed by atoms with van der Waals surface area (Å²) in [5.74, 6) is -1.20. The van der Waals surface area contributed by atoms with Crippen LogP contribution in [0, 0.1) is 27.8 Å². The zero-order chi connectivity index (χ0) is 17.9. The van der Waals surface area contributed by atoms with Crippen LogP contribution in [-0.4, -0.2) is 15.9 Å². The van der Waals surface area contributed by atoms with Crippen molar-refractivity contribution < 1.29 is 19.2 Å². The summed E-state index contributed by atoms with van der Waals surface area (Å²) in [5.41, 5.74) is 0.0927. The zero-order valence-electron chi connectivity index (χ0n) is 12.7. The number of carbonyl (C=O) groups is 1. The Morgan fingerprint density at radius 2 is 2.04 bits per heavy atom. The van der Waals surface area contributed by atoms with Gasteiger partial charge in [0.1, 0.15) is 17.3 Å². The molecule has 3 atom stereocenters. The maximum absolute atomic E-state index is 13.8. The standard InChI is InChI=1S/C17H12BrFN2O4/c18-11-6-13(14(21(24)25)7-12(11)19)20-16(9-5-10(9)17(20)23)8-3-1-2-4-15(8)22/h1-4,6-7,9-10,16,22H,5H2/t9-,10+,16?/m0/s1. The molecule has 0 aromatic heterocycles. The average molecular weight is 407 g/mol. The van der Waals surface area contributed by atoms with Crippen LogP contribution in [-0.2, 0) is 4.79 Å². The topological polar surface area (TPSA) is 83.7 Å². The van der Waals surface area contributed by atoms with Gasteiger partial charge in [-0.2, -0.15) is 0 Å². The Labute approximate surface area is 150 Å². The van der Waals surface area contributed by atoms with Gasteiger partial charge in [0.05, 0.1) is 21.5 Å². The number of anilines is 1. The minimum Gasteiger partial charge on any atom is -0.508 e. The molecule has 0 radical (unpaired) electrons. The van der Waals surface area contributed by atoms with Crippen molar-refractivity contribution >= 4 is 33.2 Å². The summed E-state index contributed by atoms with van der Waals surface area (Å²) in [7, 11) is 0. The fraction of sp³-hybridized carbons (Fsp3) is 0.235. The lowest BCUT2D eigenvalue weighted by atomic mass is 10.0. The van der Waals surface area contributed by atoms with Crippen LogP contribution in [0.2, 0.25) is 0 Å². The van der Waals surface area contributed by atoms with E-state index in [-0.39, 0.29) is 33.7 Å². The summed E-state index contributed by atoms with van der Waals surface area (Å²) in [6, 6.07) is 8.18. The van der Waals surface area contributed by atoms with Gasteiger partial charge in [0.25, 0.3) is 5.69 Å². The Balaban J connectivity index is 1.89. The third kappa shape index (κ3) is 2.39. The number of phenols is 1. The van der Waals surface area contributed by atoms with E-state index in [1.54, 1.807) is 18.2 Å². The highest BCUT2D eigenvalue weighted by Crippen LogP contribution is 2.60. The van der Waals surface area contributed by atoms with E-state index < -0.39 is 22.5 Å². The third-order valence-electron chi connectivity index (χ3n) is 4.81. The van der Waals surface area contributed by atoms with Crippen LogP contribution in [0.1, 0.15) is 18.0 Å². The number of amides is 1. The van der Waals surface area contributed by atoms with Gasteiger partial charge in [0, 0.05) is 11.5 Å². The summed E-state index contributed by atoms with van der Waals surface area (Å²) in [6.07, 6.45) is 0.685. The van der Waals surface area contributed by atoms with E-state index in [1.165, 1.54) is 17.0 Å². The van der Waals surface area contributed by atoms with Crippen molar-refractivity contribution in [1.29, 1.82) is 0 Å². The molecule has 128 valence electrons. The summed E-state index contributed by atoms with van der Waals surface area (Å²) in [4.78, 5) is 24.7. The summed E-state index contributed by atoms with van der Waals surface area (Å²) >= 11 is 3.03. The van der Waals surface area contributed by atoms with Crippen LogP contribution in [0.15, 0.2) is 40.9 Å². The van der Waals surface area contributed by atoms with Crippen LogP contribution in [0.4, 0.5) is 15.8 Å². The van der Waals surface area contributed by atoms with Crippen molar-refractivity contribution in [2.45, 2.75) is 12.5 Å². The van der Waals surface area contributed by atoms with Gasteiger partial charge in [-0.05, 0) is 40.4 Å². The van der Waals surface area contributed by atoms with Gasteiger partial charge in [-0.3, -0.25) is 19.8 Å². The van der Waals surface area contributed by atoms with Gasteiger partial charge < -0.3 is 5.11 Å². The molecule has 1 N–H and O–H groups in total. The number of aromatic hydroxyl groups is 1. The Bertz CT molecular complexity index is 920. The first-order chi connectivity index (χ1) is 11.9. The summed E-state index contributed by atoms with van der Waals surface area (Å²) in [6.45, 7) is 0. The molecule has 1 aliphatic carbocycles. The Kier molecular flexibility index (Phi) is 3.54. The van der Waals surface area contributed by atoms with Crippen molar-refractivity contribution in [2.24, 2.45) is 11.8 Å². The molecule has 4 rings (SSSR count). The van der Waals surface area contributed by atoms with Crippen LogP contribution in [0.3, 0.4) is 0 Å². The number of halogens is 2. The van der Waals surface area contributed by atoms with E-state index in [0.717, 1.165) is 6.07 Å². The predicted octanol–water partition coefficient (Wildman–Crippen LogP) is 3.93. The normalized spacial score (nSPS) is 24.3. The zero-order valence-corrected chi connectivity index (χ0v) is 14.3. The van der Waals surface area contributed by atoms with Crippen molar-refractivity contribution in [2.75, 3.05) is 4.90 Å². The first-order valence-electron chi connectivity index (χ1n) is 7.64. The van der Waals surface area contributed by atoms with Gasteiger partial charge in [-0.15, -0.1) is 0 Å². The minimum atomic E-state index is -0.772. The van der Waals surface area contributed by atoms with E-state index in [2.05, 4.69) is 15.9 Å². The van der Waals surface area contributed by atoms with E-state index >= 15 is 0 Å². The number of fused-ring (bicyclic) bond motifs is 1. The molecular formula is C17H12BrFN2O4. The van der Waals surface area contributed by atoms with Gasteiger partial charge in [-0.25, -0.2) is 4.39 Å². The summed E-state index contributed by atoms with van der Waals surface area (Å²) in [5, 5.41) is 21.6. The lowest BCUT2D eigenvalue weighted by Crippen LogP contribution is -2.32. The van der Waals surface area contributed by atoms with Crippen LogP contribution >= 0.6 is 15.9 Å². The molecule has 6 nitrogen and oxygen atoms in total. The van der Waals surface area contributed by atoms with Crippen LogP contribution < -0.4 is 4.90 Å². The van der Waals surface area contributed by atoms with Crippen LogP contribution in [0.25, 0.3) is 0 Å². The number of nitrogens with zero attached hydrogens (tertiary/aromatic N) is 2. The van der Waals surface area contributed by atoms with Crippen molar-refractivity contribution in [3.05, 3.63) is 62.4 Å². The monoisotopic (exact) mass is 406 g/mol. The van der Waals surface area contributed by atoms with E-state index in [1.807, 2.05) is 0 Å². The third-order valence-corrected chi connectivity index (χ3v) is 5.41. The fourth-order valence-corrected chi connectivity index (χ4v) is 3.93. The molecule has 1 unspecified atom stereocenters. The number of piperidine rings is 1. The molecule has 1 saturated carbocycles. The average Bonchev–Trinajstić information content (AvgIpc) is 3.30. The maximum Gasteiger partial charge on any atom is 0.295 e. The van der Waals surface area contributed by atoms with E-state index in [0.29, 0.717) is 12.0 Å². The Morgan fingerprint density at radius 1 is 1.32 bits per heavy atom. The molecule has 2 fully saturated rings. The van der Waals surface area contributed by atoms with Crippen LogP contribution in [0.5, 0.6) is 5.75 Å². The first-order valence-corrected chi connectivity index (χ1v) is 8.44. The van der Waals surface area contributed by atoms with Gasteiger partial charge in [0.2, 0.25) is 5.91 Å². The maximum atomic E-state index is 13.8. The lowest BCUT2D eigenvalue weighted by Gasteiger charge is -2.28. The molecule has 1 heterocycles. The minimum absolute atomic E-state index is 0.00997. The fourth-order valence-electron chi connectivity index (χ4n) is 3.60. The molecule has 1 saturated heterocycles. The smallest absolute Gasteiger partial charge is 0.295 e. The second kappa shape index (κ2) is 5.52. The molecule has 0 spiro atoms. The number of phenolic OH excluding ortho intramolecular Hbond substituents is 1. The van der Waals surface area contributed by atoms with Crippen molar-refractivity contribution in [3.8, 4) is 5.75 Å². The van der Waals surface area contributed by atoms with Crippen molar-refractivity contribution in [1.82, 2.24) is 0 Å². The molecule has 2 aliphatic rings. The number of carbonyl (C=O) groups excluding carboxylic acids is 1. The van der Waals surface area contributed by atoms with E-state index in [4.69, 9.17) is 0 Å². The second-order valence-corrected chi connectivity index (χ2v) is 7.08. The molecule has 8 heteroatoms. The highest BCUT2D eigenvalue weighted by atomic mass is 79.9. The second-order valence-electron chi connectivity index (χ2n) is 6.23. The number of para-hydroxylation sites is 1. The number of benzene rings is 2. The summed E-state index contributed by atoms with van der Waals surface area (Å²) < 4.78 is 13.8. The Morgan fingerprint density at radius 3 is 2.72 bits per heavy atom. The lowest BCUT2D eigenvalue weighted by molar-refractivity contribution is -0.384. The molecule has 25 heavy (non-hydrogen) atoms. The van der Waals surface area contributed by atoms with Gasteiger partial charge >= 0.3 is 0 Å². The SMILES string of the molecule is O=C1[C@@H]2C[C@@H]2C(c2ccccc2O)N1c1cc(Br)c(F)cc1[N+](=O)[O-].